The number of nitrogens with zero attached hydrogens (tertiary/aromatic N) is 3. The van der Waals surface area contributed by atoms with Crippen molar-refractivity contribution in [1.29, 1.82) is 0 Å². The van der Waals surface area contributed by atoms with Crippen LogP contribution in [0.25, 0.3) is 0 Å². The number of aryl methyl sites for hydroxylation is 1. The van der Waals surface area contributed by atoms with Crippen LogP contribution in [0.5, 0.6) is 0 Å². The fourth-order valence-electron chi connectivity index (χ4n) is 2.28. The summed E-state index contributed by atoms with van der Waals surface area (Å²) in [6, 6.07) is 4.61. The Hall–Kier alpha value is -1.13. The molecule has 1 aromatic heterocycles. The Labute approximate surface area is 111 Å². The van der Waals surface area contributed by atoms with Crippen LogP contribution in [0.4, 0.5) is 5.82 Å². The van der Waals surface area contributed by atoms with Crippen molar-refractivity contribution in [3.05, 3.63) is 23.4 Å². The number of hydrogen-bond donors (Lipinski definition) is 1. The third-order valence-corrected chi connectivity index (χ3v) is 3.20. The number of likely N-dealkylation sites (N-methyl/N-ethyl adjacent to an activating group) is 2. The van der Waals surface area contributed by atoms with E-state index < -0.39 is 0 Å². The smallest absolute Gasteiger partial charge is 0.129 e. The molecule has 1 atom stereocenters. The standard InChI is InChI=1S/C14H26N4/c1-6-18(11(2)10-17(4)5)14-8-7-13(9-15)12(3)16-14/h7-8,11H,6,9-10,15H2,1-5H3. The fourth-order valence-corrected chi connectivity index (χ4v) is 2.28. The van der Waals surface area contributed by atoms with Gasteiger partial charge in [-0.05, 0) is 46.5 Å². The number of rotatable bonds is 6. The summed E-state index contributed by atoms with van der Waals surface area (Å²) >= 11 is 0. The van der Waals surface area contributed by atoms with E-state index in [0.29, 0.717) is 12.6 Å². The molecule has 4 heteroatoms. The first kappa shape index (κ1) is 14.9. The Morgan fingerprint density at radius 1 is 1.33 bits per heavy atom. The molecule has 0 bridgehead atoms. The highest BCUT2D eigenvalue weighted by Crippen LogP contribution is 2.17. The molecule has 0 aliphatic heterocycles. The van der Waals surface area contributed by atoms with E-state index in [-0.39, 0.29) is 0 Å². The zero-order valence-electron chi connectivity index (χ0n) is 12.3. The van der Waals surface area contributed by atoms with Gasteiger partial charge in [0, 0.05) is 31.4 Å². The van der Waals surface area contributed by atoms with E-state index in [1.54, 1.807) is 0 Å². The maximum Gasteiger partial charge on any atom is 0.129 e. The van der Waals surface area contributed by atoms with Gasteiger partial charge in [-0.1, -0.05) is 6.07 Å². The van der Waals surface area contributed by atoms with Crippen molar-refractivity contribution in [2.24, 2.45) is 5.73 Å². The van der Waals surface area contributed by atoms with E-state index in [1.807, 2.05) is 6.92 Å². The van der Waals surface area contributed by atoms with E-state index in [4.69, 9.17) is 5.73 Å². The van der Waals surface area contributed by atoms with E-state index in [2.05, 4.69) is 54.9 Å². The summed E-state index contributed by atoms with van der Waals surface area (Å²) in [6.45, 7) is 8.96. The summed E-state index contributed by atoms with van der Waals surface area (Å²) < 4.78 is 0. The Balaban J connectivity index is 2.91. The molecule has 0 saturated heterocycles. The van der Waals surface area contributed by atoms with Crippen molar-refractivity contribution < 1.29 is 0 Å². The van der Waals surface area contributed by atoms with Crippen LogP contribution in [-0.4, -0.2) is 43.1 Å². The monoisotopic (exact) mass is 250 g/mol. The Kier molecular flexibility index (Phi) is 5.56. The molecular weight excluding hydrogens is 224 g/mol. The van der Waals surface area contributed by atoms with Crippen molar-refractivity contribution in [2.45, 2.75) is 33.4 Å². The van der Waals surface area contributed by atoms with Gasteiger partial charge >= 0.3 is 0 Å². The number of hydrogen-bond acceptors (Lipinski definition) is 4. The van der Waals surface area contributed by atoms with Crippen molar-refractivity contribution in [3.63, 3.8) is 0 Å². The molecule has 4 nitrogen and oxygen atoms in total. The van der Waals surface area contributed by atoms with Gasteiger partial charge in [0.25, 0.3) is 0 Å². The molecule has 2 N–H and O–H groups in total. The van der Waals surface area contributed by atoms with Crippen molar-refractivity contribution >= 4 is 5.82 Å². The van der Waals surface area contributed by atoms with E-state index in [9.17, 15) is 0 Å². The number of anilines is 1. The molecule has 1 unspecified atom stereocenters. The Morgan fingerprint density at radius 2 is 2.00 bits per heavy atom. The zero-order chi connectivity index (χ0) is 13.7. The lowest BCUT2D eigenvalue weighted by Gasteiger charge is -2.31. The van der Waals surface area contributed by atoms with Crippen molar-refractivity contribution in [2.75, 3.05) is 32.1 Å². The van der Waals surface area contributed by atoms with E-state index in [0.717, 1.165) is 30.2 Å². The normalized spacial score (nSPS) is 12.8. The van der Waals surface area contributed by atoms with Crippen LogP contribution >= 0.6 is 0 Å². The molecule has 18 heavy (non-hydrogen) atoms. The molecule has 0 fully saturated rings. The molecule has 0 saturated carbocycles. The van der Waals surface area contributed by atoms with Gasteiger partial charge in [-0.2, -0.15) is 0 Å². The molecule has 0 aromatic carbocycles. The number of pyridine rings is 1. The minimum Gasteiger partial charge on any atom is -0.353 e. The lowest BCUT2D eigenvalue weighted by atomic mass is 10.2. The lowest BCUT2D eigenvalue weighted by Crippen LogP contribution is -2.40. The first-order valence-corrected chi connectivity index (χ1v) is 6.57. The molecule has 102 valence electrons. The first-order chi connectivity index (χ1) is 8.49. The zero-order valence-corrected chi connectivity index (χ0v) is 12.3. The molecular formula is C14H26N4. The first-order valence-electron chi connectivity index (χ1n) is 6.57. The number of aromatic nitrogens is 1. The minimum absolute atomic E-state index is 0.445. The highest BCUT2D eigenvalue weighted by molar-refractivity contribution is 5.42. The van der Waals surface area contributed by atoms with Crippen LogP contribution in [-0.2, 0) is 6.54 Å². The maximum atomic E-state index is 5.67. The minimum atomic E-state index is 0.445. The summed E-state index contributed by atoms with van der Waals surface area (Å²) in [5.74, 6) is 1.04. The molecule has 0 amide bonds. The van der Waals surface area contributed by atoms with E-state index in [1.165, 1.54) is 0 Å². The second-order valence-corrected chi connectivity index (χ2v) is 5.02. The van der Waals surface area contributed by atoms with Gasteiger partial charge in [-0.15, -0.1) is 0 Å². The highest BCUT2D eigenvalue weighted by atomic mass is 15.2. The van der Waals surface area contributed by atoms with Gasteiger partial charge in [0.2, 0.25) is 0 Å². The lowest BCUT2D eigenvalue weighted by molar-refractivity contribution is 0.372. The molecule has 0 radical (unpaired) electrons. The van der Waals surface area contributed by atoms with Crippen molar-refractivity contribution in [3.8, 4) is 0 Å². The highest BCUT2D eigenvalue weighted by Gasteiger charge is 2.15. The number of nitrogens with two attached hydrogens (primary N) is 1. The van der Waals surface area contributed by atoms with Crippen molar-refractivity contribution in [1.82, 2.24) is 9.88 Å². The third kappa shape index (κ3) is 3.68. The predicted octanol–water partition coefficient (Wildman–Crippen LogP) is 1.63. The van der Waals surface area contributed by atoms with Crippen LogP contribution in [0.3, 0.4) is 0 Å². The van der Waals surface area contributed by atoms with Gasteiger partial charge < -0.3 is 15.5 Å². The molecule has 1 rings (SSSR count). The molecule has 1 aromatic rings. The van der Waals surface area contributed by atoms with Gasteiger partial charge in [0.05, 0.1) is 0 Å². The summed E-state index contributed by atoms with van der Waals surface area (Å²) in [5.41, 5.74) is 7.83. The van der Waals surface area contributed by atoms with Crippen LogP contribution in [0.1, 0.15) is 25.1 Å². The third-order valence-electron chi connectivity index (χ3n) is 3.20. The summed E-state index contributed by atoms with van der Waals surface area (Å²) in [5, 5.41) is 0. The Bertz CT molecular complexity index is 376. The van der Waals surface area contributed by atoms with Crippen LogP contribution in [0.15, 0.2) is 12.1 Å². The SMILES string of the molecule is CCN(c1ccc(CN)c(C)n1)C(C)CN(C)C. The summed E-state index contributed by atoms with van der Waals surface area (Å²) in [7, 11) is 4.20. The van der Waals surface area contributed by atoms with Gasteiger partial charge in [-0.25, -0.2) is 4.98 Å². The van der Waals surface area contributed by atoms with E-state index >= 15 is 0 Å². The fraction of sp³-hybridized carbons (Fsp3) is 0.643. The molecule has 0 aliphatic carbocycles. The largest absolute Gasteiger partial charge is 0.353 e. The maximum absolute atomic E-state index is 5.67. The Morgan fingerprint density at radius 3 is 2.44 bits per heavy atom. The van der Waals surface area contributed by atoms with Gasteiger partial charge in [-0.3, -0.25) is 0 Å². The van der Waals surface area contributed by atoms with Crippen LogP contribution in [0, 0.1) is 6.92 Å². The average Bonchev–Trinajstić information content (AvgIpc) is 2.29. The predicted molar refractivity (Wildman–Crippen MR) is 77.9 cm³/mol. The van der Waals surface area contributed by atoms with Gasteiger partial charge in [0.1, 0.15) is 5.82 Å². The average molecular weight is 250 g/mol. The summed E-state index contributed by atoms with van der Waals surface area (Å²) in [6.07, 6.45) is 0. The molecule has 1 heterocycles. The quantitative estimate of drug-likeness (QED) is 0.833. The topological polar surface area (TPSA) is 45.4 Å². The molecule has 0 aliphatic rings. The molecule has 0 spiro atoms. The van der Waals surface area contributed by atoms with Gasteiger partial charge in [0.15, 0.2) is 0 Å². The summed E-state index contributed by atoms with van der Waals surface area (Å²) in [4.78, 5) is 9.20. The van der Waals surface area contributed by atoms with Crippen LogP contribution < -0.4 is 10.6 Å². The second-order valence-electron chi connectivity index (χ2n) is 5.02. The van der Waals surface area contributed by atoms with Crippen LogP contribution in [0.2, 0.25) is 0 Å². The second kappa shape index (κ2) is 6.71.